The summed E-state index contributed by atoms with van der Waals surface area (Å²) in [4.78, 5) is 13.8. The SMILES string of the molecule is C=C(C)[C@H]1C[C@H]2C/C=C(/C)CC/C=C(/C)[C@H](O[Si](C)(C)C(C)(C)C)[C@@H]1C(=O)[C@]2(C)O. The summed E-state index contributed by atoms with van der Waals surface area (Å²) in [7, 11) is -2.13. The Morgan fingerprint density at radius 3 is 2.40 bits per heavy atom. The zero-order valence-electron chi connectivity index (χ0n) is 20.8. The van der Waals surface area contributed by atoms with Crippen molar-refractivity contribution in [3.63, 3.8) is 0 Å². The molecule has 3 aliphatic carbocycles. The molecule has 30 heavy (non-hydrogen) atoms. The van der Waals surface area contributed by atoms with E-state index < -0.39 is 13.9 Å². The Labute approximate surface area is 185 Å². The van der Waals surface area contributed by atoms with Gasteiger partial charge in [-0.05, 0) is 88.9 Å². The van der Waals surface area contributed by atoms with Gasteiger partial charge < -0.3 is 9.53 Å². The third-order valence-corrected chi connectivity index (χ3v) is 12.4. The average Bonchev–Trinajstić information content (AvgIpc) is 2.59. The average molecular weight is 433 g/mol. The number of ketones is 1. The molecule has 1 fully saturated rings. The van der Waals surface area contributed by atoms with Gasteiger partial charge in [-0.1, -0.05) is 50.6 Å². The predicted octanol–water partition coefficient (Wildman–Crippen LogP) is 6.60. The third kappa shape index (κ3) is 5.08. The van der Waals surface area contributed by atoms with Crippen LogP contribution in [0.1, 0.15) is 74.1 Å². The van der Waals surface area contributed by atoms with E-state index in [9.17, 15) is 9.90 Å². The maximum absolute atomic E-state index is 13.8. The third-order valence-electron chi connectivity index (χ3n) is 7.96. The lowest BCUT2D eigenvalue weighted by atomic mass is 9.60. The Hall–Kier alpha value is -0.973. The minimum absolute atomic E-state index is 0.0222. The van der Waals surface area contributed by atoms with Crippen LogP contribution in [-0.2, 0) is 9.22 Å². The predicted molar refractivity (Wildman–Crippen MR) is 129 cm³/mol. The smallest absolute Gasteiger partial charge is 0.192 e. The van der Waals surface area contributed by atoms with Crippen molar-refractivity contribution in [2.45, 2.75) is 104 Å². The Bertz CT molecular complexity index is 736. The van der Waals surface area contributed by atoms with Crippen LogP contribution in [-0.4, -0.2) is 30.9 Å². The summed E-state index contributed by atoms with van der Waals surface area (Å²) in [6.07, 6.45) is 7.62. The first kappa shape index (κ1) is 25.3. The molecule has 3 nitrogen and oxygen atoms in total. The molecule has 3 aliphatic rings. The zero-order chi connectivity index (χ0) is 23.1. The van der Waals surface area contributed by atoms with Gasteiger partial charge >= 0.3 is 0 Å². The van der Waals surface area contributed by atoms with Crippen LogP contribution in [0, 0.1) is 17.8 Å². The van der Waals surface area contributed by atoms with Crippen molar-refractivity contribution in [3.8, 4) is 0 Å². The van der Waals surface area contributed by atoms with Crippen molar-refractivity contribution < 1.29 is 14.3 Å². The minimum atomic E-state index is -2.13. The number of hydrogen-bond donors (Lipinski definition) is 1. The summed E-state index contributed by atoms with van der Waals surface area (Å²) in [5.41, 5.74) is 2.11. The van der Waals surface area contributed by atoms with Gasteiger partial charge in [0.05, 0.1) is 12.0 Å². The standard InChI is InChI=1S/C26H44O3Si/c1-17(2)21-16-20-15-14-18(3)12-11-13-19(4)23(22(21)24(27)26(20,8)28)29-30(9,10)25(5,6)7/h13-14,20-23,28H,1,11-12,15-16H2,2-10H3/b18-14-,19-13-/t20-,21-,22-,23+,26-/m1/s1. The monoisotopic (exact) mass is 432 g/mol. The molecule has 0 saturated heterocycles. The second-order valence-corrected chi connectivity index (χ2v) is 16.3. The van der Waals surface area contributed by atoms with E-state index in [0.29, 0.717) is 0 Å². The lowest BCUT2D eigenvalue weighted by Crippen LogP contribution is -2.58. The Balaban J connectivity index is 2.65. The first-order valence-electron chi connectivity index (χ1n) is 11.5. The molecular formula is C26H44O3Si. The van der Waals surface area contributed by atoms with Crippen LogP contribution in [0.3, 0.4) is 0 Å². The molecule has 2 bridgehead atoms. The number of carbonyl (C=O) groups is 1. The van der Waals surface area contributed by atoms with Crippen molar-refractivity contribution in [3.05, 3.63) is 35.5 Å². The molecule has 4 heteroatoms. The quantitative estimate of drug-likeness (QED) is 0.403. The summed E-state index contributed by atoms with van der Waals surface area (Å²) in [5.74, 6) is -0.525. The maximum atomic E-state index is 13.8. The molecule has 0 aromatic carbocycles. The van der Waals surface area contributed by atoms with E-state index in [0.717, 1.165) is 36.8 Å². The number of allylic oxidation sites excluding steroid dienone is 4. The lowest BCUT2D eigenvalue weighted by molar-refractivity contribution is -0.158. The molecule has 0 aliphatic heterocycles. The van der Waals surface area contributed by atoms with Gasteiger partial charge in [-0.15, -0.1) is 0 Å². The summed E-state index contributed by atoms with van der Waals surface area (Å²) < 4.78 is 6.94. The van der Waals surface area contributed by atoms with Crippen molar-refractivity contribution in [2.24, 2.45) is 17.8 Å². The molecule has 5 atom stereocenters. The maximum Gasteiger partial charge on any atom is 0.192 e. The number of Topliss-reactive ketones (excluding diaryl/α,β-unsaturated/α-hetero) is 1. The first-order chi connectivity index (χ1) is 13.6. The van der Waals surface area contributed by atoms with Gasteiger partial charge in [-0.2, -0.15) is 0 Å². The molecule has 170 valence electrons. The molecule has 0 amide bonds. The van der Waals surface area contributed by atoms with E-state index in [2.05, 4.69) is 66.4 Å². The van der Waals surface area contributed by atoms with Crippen molar-refractivity contribution in [1.29, 1.82) is 0 Å². The van der Waals surface area contributed by atoms with Crippen LogP contribution in [0.4, 0.5) is 0 Å². The molecule has 1 saturated carbocycles. The highest BCUT2D eigenvalue weighted by atomic mass is 28.4. The van der Waals surface area contributed by atoms with Crippen LogP contribution >= 0.6 is 0 Å². The molecule has 0 unspecified atom stereocenters. The van der Waals surface area contributed by atoms with Crippen molar-refractivity contribution in [2.75, 3.05) is 0 Å². The molecule has 0 aromatic heterocycles. The van der Waals surface area contributed by atoms with Crippen molar-refractivity contribution in [1.82, 2.24) is 0 Å². The highest BCUT2D eigenvalue weighted by Crippen LogP contribution is 2.48. The van der Waals surface area contributed by atoms with Crippen LogP contribution in [0.25, 0.3) is 0 Å². The van der Waals surface area contributed by atoms with Gasteiger partial charge in [0.25, 0.3) is 0 Å². The molecule has 0 heterocycles. The molecule has 1 N–H and O–H groups in total. The molecule has 0 spiro atoms. The normalized spacial score (nSPS) is 37.5. The second kappa shape index (κ2) is 8.88. The van der Waals surface area contributed by atoms with Gasteiger partial charge in [-0.25, -0.2) is 0 Å². The zero-order valence-corrected chi connectivity index (χ0v) is 21.8. The Morgan fingerprint density at radius 2 is 1.87 bits per heavy atom. The second-order valence-electron chi connectivity index (χ2n) is 11.5. The molecular weight excluding hydrogens is 388 g/mol. The fourth-order valence-electron chi connectivity index (χ4n) is 4.62. The molecule has 0 aromatic rings. The highest BCUT2D eigenvalue weighted by molar-refractivity contribution is 6.74. The molecule has 3 rings (SSSR count). The number of fused-ring (bicyclic) bond motifs is 7. The minimum Gasteiger partial charge on any atom is -0.410 e. The van der Waals surface area contributed by atoms with Gasteiger partial charge in [0, 0.05) is 0 Å². The highest BCUT2D eigenvalue weighted by Gasteiger charge is 2.54. The lowest BCUT2D eigenvalue weighted by Gasteiger charge is -2.49. The number of hydrogen-bond acceptors (Lipinski definition) is 3. The fraction of sp³-hybridized carbons (Fsp3) is 0.731. The van der Waals surface area contributed by atoms with E-state index in [-0.39, 0.29) is 34.7 Å². The van der Waals surface area contributed by atoms with Crippen LogP contribution < -0.4 is 0 Å². The largest absolute Gasteiger partial charge is 0.410 e. The fourth-order valence-corrected chi connectivity index (χ4v) is 5.94. The summed E-state index contributed by atoms with van der Waals surface area (Å²) in [5, 5.41) is 11.4. The van der Waals surface area contributed by atoms with Crippen LogP contribution in [0.15, 0.2) is 35.5 Å². The van der Waals surface area contributed by atoms with E-state index in [1.807, 2.05) is 6.92 Å². The summed E-state index contributed by atoms with van der Waals surface area (Å²) in [6.45, 7) is 23.4. The first-order valence-corrected chi connectivity index (χ1v) is 14.4. The molecule has 0 radical (unpaired) electrons. The van der Waals surface area contributed by atoms with Gasteiger partial charge in [0.2, 0.25) is 0 Å². The summed E-state index contributed by atoms with van der Waals surface area (Å²) >= 11 is 0. The van der Waals surface area contributed by atoms with E-state index in [4.69, 9.17) is 4.43 Å². The van der Waals surface area contributed by atoms with Gasteiger partial charge in [0.15, 0.2) is 14.1 Å². The van der Waals surface area contributed by atoms with E-state index >= 15 is 0 Å². The number of rotatable bonds is 3. The van der Waals surface area contributed by atoms with Crippen molar-refractivity contribution >= 4 is 14.1 Å². The van der Waals surface area contributed by atoms with Gasteiger partial charge in [-0.3, -0.25) is 4.79 Å². The summed E-state index contributed by atoms with van der Waals surface area (Å²) in [6, 6.07) is 0. The van der Waals surface area contributed by atoms with E-state index in [1.54, 1.807) is 6.92 Å². The van der Waals surface area contributed by atoms with Gasteiger partial charge in [0.1, 0.15) is 5.60 Å². The Kier molecular flexibility index (Phi) is 7.48. The topological polar surface area (TPSA) is 46.5 Å². The Morgan fingerprint density at radius 1 is 1.27 bits per heavy atom. The number of carbonyl (C=O) groups excluding carboxylic acids is 1. The van der Waals surface area contributed by atoms with Crippen LogP contribution in [0.2, 0.25) is 18.1 Å². The van der Waals surface area contributed by atoms with E-state index in [1.165, 1.54) is 5.57 Å². The van der Waals surface area contributed by atoms with Crippen LogP contribution in [0.5, 0.6) is 0 Å². The number of aliphatic hydroxyl groups is 1.